The molecule has 1 unspecified atom stereocenters. The normalized spacial score (nSPS) is 23.8. The van der Waals surface area contributed by atoms with Crippen molar-refractivity contribution >= 4 is 6.09 Å². The fourth-order valence-electron chi connectivity index (χ4n) is 2.06. The van der Waals surface area contributed by atoms with Crippen molar-refractivity contribution in [2.24, 2.45) is 0 Å². The molecule has 0 radical (unpaired) electrons. The molecule has 0 aromatic rings. The highest BCUT2D eigenvalue weighted by atomic mass is 16.6. The van der Waals surface area contributed by atoms with E-state index in [1.165, 1.54) is 6.42 Å². The van der Waals surface area contributed by atoms with Gasteiger partial charge in [0.2, 0.25) is 0 Å². The highest BCUT2D eigenvalue weighted by Crippen LogP contribution is 2.26. The van der Waals surface area contributed by atoms with Gasteiger partial charge in [-0.05, 0) is 19.8 Å². The van der Waals surface area contributed by atoms with Crippen LogP contribution in [0.1, 0.15) is 39.0 Å². The lowest BCUT2D eigenvalue weighted by Gasteiger charge is -2.33. The minimum atomic E-state index is -1.12. The Morgan fingerprint density at radius 1 is 1.38 bits per heavy atom. The first-order valence-electron chi connectivity index (χ1n) is 4.95. The Labute approximate surface area is 78.3 Å². The van der Waals surface area contributed by atoms with E-state index in [0.717, 1.165) is 25.7 Å². The maximum Gasteiger partial charge on any atom is 0.547 e. The molecular weight excluding hydrogens is 170 g/mol. The summed E-state index contributed by atoms with van der Waals surface area (Å²) in [6, 6.07) is -0.101. The highest BCUT2D eigenvalue weighted by molar-refractivity contribution is 5.56. The van der Waals surface area contributed by atoms with E-state index < -0.39 is 10.7 Å². The second-order valence-corrected chi connectivity index (χ2v) is 3.72. The van der Waals surface area contributed by atoms with Crippen molar-refractivity contribution in [1.29, 1.82) is 0 Å². The van der Waals surface area contributed by atoms with E-state index in [2.05, 4.69) is 0 Å². The van der Waals surface area contributed by atoms with Crippen LogP contribution in [0, 0.1) is 0 Å². The summed E-state index contributed by atoms with van der Waals surface area (Å²) >= 11 is 0. The van der Waals surface area contributed by atoms with Crippen LogP contribution in [-0.4, -0.2) is 33.6 Å². The Bertz CT molecular complexity index is 189. The van der Waals surface area contributed by atoms with Crippen molar-refractivity contribution in [3.8, 4) is 0 Å². The zero-order chi connectivity index (χ0) is 9.90. The van der Waals surface area contributed by atoms with E-state index >= 15 is 0 Å². The molecule has 0 aromatic heterocycles. The van der Waals surface area contributed by atoms with E-state index in [9.17, 15) is 10.0 Å². The molecule has 1 atom stereocenters. The molecule has 1 rings (SSSR count). The van der Waals surface area contributed by atoms with Crippen LogP contribution in [0.4, 0.5) is 4.79 Å². The van der Waals surface area contributed by atoms with E-state index in [1.807, 2.05) is 0 Å². The maximum absolute atomic E-state index is 10.9. The Morgan fingerprint density at radius 2 is 1.92 bits per heavy atom. The molecule has 1 fully saturated rings. The molecule has 0 bridgehead atoms. The Morgan fingerprint density at radius 3 is 2.31 bits per heavy atom. The van der Waals surface area contributed by atoms with Gasteiger partial charge in [0.05, 0.1) is 0 Å². The second kappa shape index (κ2) is 4.07. The fourth-order valence-corrected chi connectivity index (χ4v) is 2.06. The van der Waals surface area contributed by atoms with E-state index in [-0.39, 0.29) is 12.6 Å². The number of rotatable bonds is 2. The standard InChI is InChI=1S/C9H17NO3/c1-2-10(13,9(11)12)8-6-4-3-5-7-8/h8,13H,2-7H2,1H3/p+1. The van der Waals surface area contributed by atoms with Gasteiger partial charge in [0.1, 0.15) is 12.6 Å². The fraction of sp³-hybridized carbons (Fsp3) is 0.889. The summed E-state index contributed by atoms with van der Waals surface area (Å²) < 4.78 is -0.792. The zero-order valence-corrected chi connectivity index (χ0v) is 8.07. The third-order valence-corrected chi connectivity index (χ3v) is 2.99. The number of amides is 1. The van der Waals surface area contributed by atoms with Gasteiger partial charge in [-0.3, -0.25) is 0 Å². The maximum atomic E-state index is 10.9. The largest absolute Gasteiger partial charge is 0.547 e. The number of hydrogen-bond acceptors (Lipinski definition) is 2. The van der Waals surface area contributed by atoms with Crippen LogP contribution >= 0.6 is 0 Å². The predicted octanol–water partition coefficient (Wildman–Crippen LogP) is 2.22. The summed E-state index contributed by atoms with van der Waals surface area (Å²) in [7, 11) is 0. The van der Waals surface area contributed by atoms with Gasteiger partial charge in [-0.1, -0.05) is 11.1 Å². The van der Waals surface area contributed by atoms with Gasteiger partial charge in [-0.25, -0.2) is 5.21 Å². The molecule has 0 aromatic carbocycles. The zero-order valence-electron chi connectivity index (χ0n) is 8.07. The number of carboxylic acid groups (broad SMARTS) is 1. The lowest BCUT2D eigenvalue weighted by Crippen LogP contribution is -2.56. The van der Waals surface area contributed by atoms with Crippen LogP contribution in [0.25, 0.3) is 0 Å². The minimum absolute atomic E-state index is 0.101. The van der Waals surface area contributed by atoms with Crippen molar-refractivity contribution < 1.29 is 19.8 Å². The van der Waals surface area contributed by atoms with Crippen molar-refractivity contribution in [2.45, 2.75) is 45.1 Å². The third kappa shape index (κ3) is 2.00. The van der Waals surface area contributed by atoms with Crippen molar-refractivity contribution in [3.05, 3.63) is 0 Å². The average Bonchev–Trinajstić information content (AvgIpc) is 2.17. The minimum Gasteiger partial charge on any atom is -0.433 e. The first-order valence-corrected chi connectivity index (χ1v) is 4.95. The molecular formula is C9H18NO3+. The van der Waals surface area contributed by atoms with Gasteiger partial charge in [-0.2, -0.15) is 4.79 Å². The summed E-state index contributed by atoms with van der Waals surface area (Å²) in [5.41, 5.74) is 0. The third-order valence-electron chi connectivity index (χ3n) is 2.99. The molecule has 0 heterocycles. The van der Waals surface area contributed by atoms with Gasteiger partial charge in [0.25, 0.3) is 0 Å². The van der Waals surface area contributed by atoms with Crippen LogP contribution in [0.2, 0.25) is 0 Å². The summed E-state index contributed by atoms with van der Waals surface area (Å²) in [6.45, 7) is 1.96. The van der Waals surface area contributed by atoms with Gasteiger partial charge >= 0.3 is 6.09 Å². The molecule has 4 heteroatoms. The van der Waals surface area contributed by atoms with Gasteiger partial charge < -0.3 is 5.11 Å². The van der Waals surface area contributed by atoms with Gasteiger partial charge in [0, 0.05) is 12.8 Å². The van der Waals surface area contributed by atoms with E-state index in [0.29, 0.717) is 0 Å². The number of hydroxylamine groups is 3. The van der Waals surface area contributed by atoms with Crippen LogP contribution in [0.5, 0.6) is 0 Å². The van der Waals surface area contributed by atoms with Crippen LogP contribution in [0.3, 0.4) is 0 Å². The molecule has 1 saturated carbocycles. The first-order chi connectivity index (χ1) is 6.11. The molecule has 1 amide bonds. The molecule has 0 aliphatic heterocycles. The molecule has 4 nitrogen and oxygen atoms in total. The lowest BCUT2D eigenvalue weighted by atomic mass is 9.94. The number of hydrogen-bond donors (Lipinski definition) is 2. The number of carbonyl (C=O) groups is 1. The summed E-state index contributed by atoms with van der Waals surface area (Å²) in [5.74, 6) is 0. The van der Waals surface area contributed by atoms with Crippen LogP contribution < -0.4 is 0 Å². The summed E-state index contributed by atoms with van der Waals surface area (Å²) in [4.78, 5) is 10.9. The average molecular weight is 188 g/mol. The monoisotopic (exact) mass is 188 g/mol. The summed E-state index contributed by atoms with van der Waals surface area (Å²) in [5, 5.41) is 18.8. The molecule has 1 aliphatic rings. The van der Waals surface area contributed by atoms with Crippen LogP contribution in [-0.2, 0) is 0 Å². The molecule has 1 aliphatic carbocycles. The smallest absolute Gasteiger partial charge is 0.433 e. The molecule has 76 valence electrons. The SMILES string of the molecule is CC[N+](O)(C(=O)O)C1CCCCC1. The lowest BCUT2D eigenvalue weighted by molar-refractivity contribution is -1.06. The highest BCUT2D eigenvalue weighted by Gasteiger charge is 2.43. The van der Waals surface area contributed by atoms with Crippen molar-refractivity contribution in [1.82, 2.24) is 0 Å². The first kappa shape index (κ1) is 10.5. The number of nitrogens with zero attached hydrogens (tertiary/aromatic N) is 1. The van der Waals surface area contributed by atoms with Gasteiger partial charge in [-0.15, -0.1) is 0 Å². The Hall–Kier alpha value is -0.610. The van der Waals surface area contributed by atoms with Crippen molar-refractivity contribution in [3.63, 3.8) is 0 Å². The predicted molar refractivity (Wildman–Crippen MR) is 47.5 cm³/mol. The second-order valence-electron chi connectivity index (χ2n) is 3.72. The van der Waals surface area contributed by atoms with Crippen molar-refractivity contribution in [2.75, 3.05) is 6.54 Å². The molecule has 0 saturated heterocycles. The molecule has 0 spiro atoms. The summed E-state index contributed by atoms with van der Waals surface area (Å²) in [6.07, 6.45) is 3.79. The quantitative estimate of drug-likeness (QED) is 0.397. The van der Waals surface area contributed by atoms with E-state index in [4.69, 9.17) is 5.11 Å². The Kier molecular flexibility index (Phi) is 3.27. The Balaban J connectivity index is 2.68. The molecule has 13 heavy (non-hydrogen) atoms. The molecule has 2 N–H and O–H groups in total. The van der Waals surface area contributed by atoms with Gasteiger partial charge in [0.15, 0.2) is 0 Å². The van der Waals surface area contributed by atoms with E-state index in [1.54, 1.807) is 6.92 Å². The topological polar surface area (TPSA) is 57.5 Å². The van der Waals surface area contributed by atoms with Crippen LogP contribution in [0.15, 0.2) is 0 Å². The number of quaternary nitrogens is 1.